The van der Waals surface area contributed by atoms with Gasteiger partial charge in [-0.3, -0.25) is 13.9 Å². The van der Waals surface area contributed by atoms with Crippen molar-refractivity contribution in [1.29, 1.82) is 0 Å². The largest absolute Gasteiger partial charge is 0.352 e. The van der Waals surface area contributed by atoms with Crippen LogP contribution >= 0.6 is 23.2 Å². The van der Waals surface area contributed by atoms with Gasteiger partial charge in [0.05, 0.1) is 22.0 Å². The number of halogens is 2. The summed E-state index contributed by atoms with van der Waals surface area (Å²) in [5, 5.41) is 3.60. The van der Waals surface area contributed by atoms with E-state index in [1.165, 1.54) is 23.1 Å². The van der Waals surface area contributed by atoms with Crippen LogP contribution in [0.4, 0.5) is 5.69 Å². The zero-order chi connectivity index (χ0) is 29.6. The molecule has 1 saturated carbocycles. The molecule has 3 aromatic carbocycles. The zero-order valence-electron chi connectivity index (χ0n) is 23.2. The van der Waals surface area contributed by atoms with E-state index in [9.17, 15) is 18.0 Å². The number of aryl methyl sites for hydroxylation is 1. The number of nitrogens with one attached hydrogen (secondary N) is 1. The van der Waals surface area contributed by atoms with Crippen molar-refractivity contribution in [2.24, 2.45) is 0 Å². The first-order valence-electron chi connectivity index (χ1n) is 13.6. The maximum atomic E-state index is 14.2. The number of amides is 2. The molecule has 41 heavy (non-hydrogen) atoms. The maximum Gasteiger partial charge on any atom is 0.244 e. The fourth-order valence-corrected chi connectivity index (χ4v) is 6.28. The number of sulfonamides is 1. The average molecular weight is 617 g/mol. The highest BCUT2D eigenvalue weighted by Gasteiger charge is 2.34. The van der Waals surface area contributed by atoms with Gasteiger partial charge in [0.15, 0.2) is 0 Å². The van der Waals surface area contributed by atoms with Crippen molar-refractivity contribution in [3.63, 3.8) is 0 Å². The molecule has 1 fully saturated rings. The molecule has 3 aromatic rings. The van der Waals surface area contributed by atoms with Gasteiger partial charge < -0.3 is 10.2 Å². The van der Waals surface area contributed by atoms with Crippen molar-refractivity contribution < 1.29 is 18.0 Å². The number of hydrogen-bond acceptors (Lipinski definition) is 4. The SMILES string of the molecule is Cc1ccccc1CN(C(=O)CN(c1ccc(Cl)c(Cl)c1)S(C)(=O)=O)[C@@H](Cc1ccccc1)C(=O)NC1CCCC1. The van der Waals surface area contributed by atoms with Gasteiger partial charge in [0, 0.05) is 19.0 Å². The minimum Gasteiger partial charge on any atom is -0.352 e. The Morgan fingerprint density at radius 2 is 1.61 bits per heavy atom. The Balaban J connectivity index is 1.74. The molecule has 0 radical (unpaired) electrons. The Morgan fingerprint density at radius 3 is 2.24 bits per heavy atom. The number of anilines is 1. The molecule has 10 heteroatoms. The molecule has 1 aliphatic rings. The predicted molar refractivity (Wildman–Crippen MR) is 165 cm³/mol. The Kier molecular flexibility index (Phi) is 10.3. The number of benzene rings is 3. The number of carbonyl (C=O) groups excluding carboxylic acids is 2. The van der Waals surface area contributed by atoms with Crippen LogP contribution in [0.25, 0.3) is 0 Å². The van der Waals surface area contributed by atoms with Gasteiger partial charge in [-0.2, -0.15) is 0 Å². The summed E-state index contributed by atoms with van der Waals surface area (Å²) >= 11 is 12.3. The molecule has 218 valence electrons. The lowest BCUT2D eigenvalue weighted by Gasteiger charge is -2.34. The van der Waals surface area contributed by atoms with Crippen molar-refractivity contribution in [1.82, 2.24) is 10.2 Å². The first-order valence-corrected chi connectivity index (χ1v) is 16.2. The number of carbonyl (C=O) groups is 2. The van der Waals surface area contributed by atoms with Gasteiger partial charge in [-0.1, -0.05) is 90.6 Å². The molecule has 1 atom stereocenters. The summed E-state index contributed by atoms with van der Waals surface area (Å²) in [5.74, 6) is -0.754. The summed E-state index contributed by atoms with van der Waals surface area (Å²) in [6.45, 7) is 1.58. The quantitative estimate of drug-likeness (QED) is 0.297. The smallest absolute Gasteiger partial charge is 0.244 e. The van der Waals surface area contributed by atoms with Gasteiger partial charge in [-0.05, 0) is 54.7 Å². The first-order chi connectivity index (χ1) is 19.5. The molecule has 0 aliphatic heterocycles. The molecule has 0 unspecified atom stereocenters. The van der Waals surface area contributed by atoms with Crippen LogP contribution in [0.5, 0.6) is 0 Å². The van der Waals surface area contributed by atoms with Gasteiger partial charge in [0.25, 0.3) is 0 Å². The monoisotopic (exact) mass is 615 g/mol. The molecule has 4 rings (SSSR count). The Labute approximate surface area is 252 Å². The lowest BCUT2D eigenvalue weighted by atomic mass is 10.0. The van der Waals surface area contributed by atoms with E-state index in [2.05, 4.69) is 5.32 Å². The zero-order valence-corrected chi connectivity index (χ0v) is 25.6. The Morgan fingerprint density at radius 1 is 0.951 bits per heavy atom. The van der Waals surface area contributed by atoms with Gasteiger partial charge in [0.2, 0.25) is 21.8 Å². The molecular weight excluding hydrogens is 581 g/mol. The van der Waals surface area contributed by atoms with Gasteiger partial charge in [-0.25, -0.2) is 8.42 Å². The molecule has 1 aliphatic carbocycles. The number of rotatable bonds is 11. The second kappa shape index (κ2) is 13.7. The van der Waals surface area contributed by atoms with Gasteiger partial charge in [-0.15, -0.1) is 0 Å². The van der Waals surface area contributed by atoms with E-state index < -0.39 is 28.5 Å². The molecule has 0 spiro atoms. The van der Waals surface area contributed by atoms with Crippen molar-refractivity contribution in [3.05, 3.63) is 99.5 Å². The van der Waals surface area contributed by atoms with Crippen LogP contribution in [0, 0.1) is 6.92 Å². The summed E-state index contributed by atoms with van der Waals surface area (Å²) < 4.78 is 26.8. The van der Waals surface area contributed by atoms with Crippen LogP contribution in [-0.4, -0.2) is 50.0 Å². The molecule has 2 amide bonds. The summed E-state index contributed by atoms with van der Waals surface area (Å²) in [6.07, 6.45) is 5.20. The lowest BCUT2D eigenvalue weighted by molar-refractivity contribution is -0.140. The van der Waals surface area contributed by atoms with E-state index >= 15 is 0 Å². The molecule has 0 aromatic heterocycles. The highest BCUT2D eigenvalue weighted by molar-refractivity contribution is 7.92. The summed E-state index contributed by atoms with van der Waals surface area (Å²) in [4.78, 5) is 29.6. The summed E-state index contributed by atoms with van der Waals surface area (Å²) in [7, 11) is -3.90. The topological polar surface area (TPSA) is 86.8 Å². The standard InChI is InChI=1S/C31H35Cl2N3O4S/c1-22-10-6-7-13-24(22)20-35(30(37)21-36(41(2,39)40)26-16-17-27(32)28(33)19-26)29(18-23-11-4-3-5-12-23)31(38)34-25-14-8-9-15-25/h3-7,10-13,16-17,19,25,29H,8-9,14-15,18,20-21H2,1-2H3,(H,34,38)/t29-/m0/s1. The molecule has 0 saturated heterocycles. The Bertz CT molecular complexity index is 1480. The fourth-order valence-electron chi connectivity index (χ4n) is 5.15. The lowest BCUT2D eigenvalue weighted by Crippen LogP contribution is -2.54. The van der Waals surface area contributed by atoms with Crippen molar-refractivity contribution in [2.45, 2.75) is 57.7 Å². The van der Waals surface area contributed by atoms with Crippen molar-refractivity contribution >= 4 is 50.7 Å². The van der Waals surface area contributed by atoms with Crippen LogP contribution in [0.3, 0.4) is 0 Å². The van der Waals surface area contributed by atoms with E-state index in [-0.39, 0.29) is 40.6 Å². The van der Waals surface area contributed by atoms with Crippen LogP contribution in [0.1, 0.15) is 42.4 Å². The normalized spacial score (nSPS) is 14.4. The maximum absolute atomic E-state index is 14.2. The number of hydrogen-bond donors (Lipinski definition) is 1. The third kappa shape index (κ3) is 8.24. The summed E-state index contributed by atoms with van der Waals surface area (Å²) in [6, 6.07) is 20.8. The van der Waals surface area contributed by atoms with E-state index in [0.29, 0.717) is 0 Å². The minimum atomic E-state index is -3.90. The predicted octanol–water partition coefficient (Wildman–Crippen LogP) is 5.77. The molecule has 7 nitrogen and oxygen atoms in total. The van der Waals surface area contributed by atoms with Crippen LogP contribution < -0.4 is 9.62 Å². The average Bonchev–Trinajstić information content (AvgIpc) is 3.44. The third-order valence-corrected chi connectivity index (χ3v) is 9.32. The second-order valence-corrected chi connectivity index (χ2v) is 13.2. The van der Waals surface area contributed by atoms with E-state index in [1.807, 2.05) is 61.5 Å². The summed E-state index contributed by atoms with van der Waals surface area (Å²) in [5.41, 5.74) is 2.93. The molecular formula is C31H35Cl2N3O4S. The molecule has 1 N–H and O–H groups in total. The highest BCUT2D eigenvalue weighted by Crippen LogP contribution is 2.29. The third-order valence-electron chi connectivity index (χ3n) is 7.44. The van der Waals surface area contributed by atoms with E-state index in [0.717, 1.165) is 52.9 Å². The second-order valence-electron chi connectivity index (χ2n) is 10.5. The first kappa shape index (κ1) is 30.9. The minimum absolute atomic E-state index is 0.0555. The number of nitrogens with zero attached hydrogens (tertiary/aromatic N) is 2. The van der Waals surface area contributed by atoms with E-state index in [1.54, 1.807) is 0 Å². The molecule has 0 bridgehead atoms. The van der Waals surface area contributed by atoms with Crippen LogP contribution in [0.2, 0.25) is 10.0 Å². The van der Waals surface area contributed by atoms with Gasteiger partial charge in [0.1, 0.15) is 12.6 Å². The molecule has 0 heterocycles. The van der Waals surface area contributed by atoms with Crippen molar-refractivity contribution in [2.75, 3.05) is 17.1 Å². The van der Waals surface area contributed by atoms with E-state index in [4.69, 9.17) is 23.2 Å². The van der Waals surface area contributed by atoms with Crippen LogP contribution in [-0.2, 0) is 32.6 Å². The van der Waals surface area contributed by atoms with Gasteiger partial charge >= 0.3 is 0 Å². The fraction of sp³-hybridized carbons (Fsp3) is 0.355. The highest BCUT2D eigenvalue weighted by atomic mass is 35.5. The van der Waals surface area contributed by atoms with Crippen LogP contribution in [0.15, 0.2) is 72.8 Å². The van der Waals surface area contributed by atoms with Crippen molar-refractivity contribution in [3.8, 4) is 0 Å². The Hall–Kier alpha value is -3.07.